The van der Waals surface area contributed by atoms with Crippen molar-refractivity contribution in [2.75, 3.05) is 0 Å². The third-order valence-electron chi connectivity index (χ3n) is 5.26. The number of nitrogens with one attached hydrogen (secondary N) is 4. The van der Waals surface area contributed by atoms with E-state index in [0.717, 1.165) is 18.4 Å². The number of rotatable bonds is 3. The van der Waals surface area contributed by atoms with Crippen LogP contribution in [0.5, 0.6) is 0 Å². The third-order valence-corrected chi connectivity index (χ3v) is 5.26. The van der Waals surface area contributed by atoms with Gasteiger partial charge in [0, 0.05) is 17.5 Å². The van der Waals surface area contributed by atoms with E-state index < -0.39 is 0 Å². The van der Waals surface area contributed by atoms with Crippen molar-refractivity contribution < 1.29 is 9.59 Å². The van der Waals surface area contributed by atoms with Crippen LogP contribution in [0.4, 0.5) is 0 Å². The van der Waals surface area contributed by atoms with Crippen LogP contribution in [0.2, 0.25) is 0 Å². The molecule has 1 aromatic rings. The van der Waals surface area contributed by atoms with Gasteiger partial charge < -0.3 is 10.6 Å². The molecule has 122 valence electrons. The van der Waals surface area contributed by atoms with E-state index in [1.807, 2.05) is 18.2 Å². The van der Waals surface area contributed by atoms with Gasteiger partial charge in [-0.15, -0.1) is 0 Å². The van der Waals surface area contributed by atoms with Crippen LogP contribution in [0.3, 0.4) is 0 Å². The number of hydrogen-bond donors (Lipinski definition) is 4. The maximum atomic E-state index is 12.4. The molecule has 0 aromatic heterocycles. The largest absolute Gasteiger partial charge is 0.345 e. The molecule has 4 atom stereocenters. The summed E-state index contributed by atoms with van der Waals surface area (Å²) in [7, 11) is 0. The molecule has 6 nitrogen and oxygen atoms in total. The Balaban J connectivity index is 1.39. The molecule has 2 fully saturated rings. The monoisotopic (exact) mass is 314 g/mol. The fourth-order valence-corrected chi connectivity index (χ4v) is 4.08. The minimum Gasteiger partial charge on any atom is -0.345 e. The fourth-order valence-electron chi connectivity index (χ4n) is 4.08. The number of hydrazine groups is 1. The number of carbonyl (C=O) groups excluding carboxylic acids is 2. The molecule has 2 amide bonds. The lowest BCUT2D eigenvalue weighted by Crippen LogP contribution is -2.47. The Morgan fingerprint density at radius 2 is 2.00 bits per heavy atom. The van der Waals surface area contributed by atoms with Crippen molar-refractivity contribution in [2.24, 2.45) is 5.92 Å². The van der Waals surface area contributed by atoms with Crippen molar-refractivity contribution in [2.45, 2.75) is 50.4 Å². The topological polar surface area (TPSA) is 82.3 Å². The first-order valence-electron chi connectivity index (χ1n) is 8.42. The van der Waals surface area contributed by atoms with Gasteiger partial charge in [-0.2, -0.15) is 0 Å². The first kappa shape index (κ1) is 14.7. The highest BCUT2D eigenvalue weighted by Gasteiger charge is 2.38. The van der Waals surface area contributed by atoms with Gasteiger partial charge in [-0.05, 0) is 24.5 Å². The van der Waals surface area contributed by atoms with Crippen molar-refractivity contribution >= 4 is 11.8 Å². The maximum absolute atomic E-state index is 12.4. The normalized spacial score (nSPS) is 32.1. The van der Waals surface area contributed by atoms with Crippen LogP contribution in [-0.2, 0) is 4.79 Å². The van der Waals surface area contributed by atoms with Gasteiger partial charge in [0.2, 0.25) is 5.91 Å². The lowest BCUT2D eigenvalue weighted by atomic mass is 9.84. The minimum atomic E-state index is -0.227. The SMILES string of the molecule is O=C(CC1NC(=O)c2ccccc21)NC1NNC2CCCCC21. The van der Waals surface area contributed by atoms with Gasteiger partial charge in [-0.3, -0.25) is 15.0 Å². The van der Waals surface area contributed by atoms with Crippen molar-refractivity contribution in [3.63, 3.8) is 0 Å². The highest BCUT2D eigenvalue weighted by atomic mass is 16.2. The van der Waals surface area contributed by atoms with Crippen LogP contribution < -0.4 is 21.5 Å². The zero-order valence-corrected chi connectivity index (χ0v) is 13.0. The molecular formula is C17H22N4O2. The van der Waals surface area contributed by atoms with Gasteiger partial charge in [0.1, 0.15) is 0 Å². The van der Waals surface area contributed by atoms with E-state index in [2.05, 4.69) is 21.5 Å². The van der Waals surface area contributed by atoms with E-state index in [1.165, 1.54) is 12.8 Å². The van der Waals surface area contributed by atoms with E-state index in [0.29, 0.717) is 17.5 Å². The number of carbonyl (C=O) groups is 2. The Morgan fingerprint density at radius 1 is 1.17 bits per heavy atom. The zero-order chi connectivity index (χ0) is 15.8. The van der Waals surface area contributed by atoms with E-state index in [9.17, 15) is 9.59 Å². The van der Waals surface area contributed by atoms with Gasteiger partial charge in [0.05, 0.1) is 18.6 Å². The van der Waals surface area contributed by atoms with E-state index in [-0.39, 0.29) is 30.4 Å². The van der Waals surface area contributed by atoms with Crippen molar-refractivity contribution in [1.82, 2.24) is 21.5 Å². The number of hydrogen-bond acceptors (Lipinski definition) is 4. The number of benzene rings is 1. The first-order chi connectivity index (χ1) is 11.2. The van der Waals surface area contributed by atoms with E-state index in [4.69, 9.17) is 0 Å². The smallest absolute Gasteiger partial charge is 0.252 e. The molecule has 0 bridgehead atoms. The quantitative estimate of drug-likeness (QED) is 0.670. The predicted octanol–water partition coefficient (Wildman–Crippen LogP) is 0.970. The number of amides is 2. The lowest BCUT2D eigenvalue weighted by molar-refractivity contribution is -0.122. The van der Waals surface area contributed by atoms with Crippen molar-refractivity contribution in [3.8, 4) is 0 Å². The Hall–Kier alpha value is -1.92. The number of fused-ring (bicyclic) bond motifs is 2. The highest BCUT2D eigenvalue weighted by Crippen LogP contribution is 2.30. The van der Waals surface area contributed by atoms with Crippen LogP contribution >= 0.6 is 0 Å². The van der Waals surface area contributed by atoms with E-state index >= 15 is 0 Å². The Bertz CT molecular complexity index is 633. The van der Waals surface area contributed by atoms with Crippen molar-refractivity contribution in [1.29, 1.82) is 0 Å². The van der Waals surface area contributed by atoms with Crippen LogP contribution in [-0.4, -0.2) is 24.0 Å². The standard InChI is InChI=1S/C17H22N4O2/c22-15(19-16-12-7-3-4-8-13(12)20-21-16)9-14-10-5-1-2-6-11(10)17(23)18-14/h1-2,5-6,12-14,16,20-21H,3-4,7-9H2,(H,18,23)(H,19,22). The van der Waals surface area contributed by atoms with Crippen molar-refractivity contribution in [3.05, 3.63) is 35.4 Å². The minimum absolute atomic E-state index is 0.0138. The van der Waals surface area contributed by atoms with Crippen LogP contribution in [0.15, 0.2) is 24.3 Å². The van der Waals surface area contributed by atoms with Gasteiger partial charge in [-0.1, -0.05) is 31.0 Å². The Kier molecular flexibility index (Phi) is 3.79. The Labute approximate surface area is 135 Å². The van der Waals surface area contributed by atoms with Crippen LogP contribution in [0.1, 0.15) is 54.1 Å². The maximum Gasteiger partial charge on any atom is 0.252 e. The first-order valence-corrected chi connectivity index (χ1v) is 8.42. The van der Waals surface area contributed by atoms with Crippen LogP contribution in [0, 0.1) is 5.92 Å². The summed E-state index contributed by atoms with van der Waals surface area (Å²) in [5, 5.41) is 5.98. The highest BCUT2D eigenvalue weighted by molar-refractivity contribution is 5.99. The molecule has 1 aliphatic carbocycles. The fraction of sp³-hybridized carbons (Fsp3) is 0.529. The predicted molar refractivity (Wildman–Crippen MR) is 85.2 cm³/mol. The summed E-state index contributed by atoms with van der Waals surface area (Å²) in [6.45, 7) is 0. The molecule has 2 aliphatic heterocycles. The summed E-state index contributed by atoms with van der Waals surface area (Å²) < 4.78 is 0. The molecule has 23 heavy (non-hydrogen) atoms. The third kappa shape index (κ3) is 2.72. The molecule has 0 spiro atoms. The van der Waals surface area contributed by atoms with Gasteiger partial charge in [0.15, 0.2) is 0 Å². The molecule has 0 radical (unpaired) electrons. The average Bonchev–Trinajstić information content (AvgIpc) is 3.10. The molecule has 4 unspecified atom stereocenters. The Morgan fingerprint density at radius 3 is 2.91 bits per heavy atom. The summed E-state index contributed by atoms with van der Waals surface area (Å²) in [6.07, 6.45) is 5.04. The molecule has 6 heteroatoms. The van der Waals surface area contributed by atoms with Crippen LogP contribution in [0.25, 0.3) is 0 Å². The molecule has 1 saturated heterocycles. The lowest BCUT2D eigenvalue weighted by Gasteiger charge is -2.27. The summed E-state index contributed by atoms with van der Waals surface area (Å²) in [5.41, 5.74) is 8.11. The average molecular weight is 314 g/mol. The van der Waals surface area contributed by atoms with E-state index in [1.54, 1.807) is 6.07 Å². The summed E-state index contributed by atoms with van der Waals surface area (Å²) in [6, 6.07) is 7.70. The molecule has 4 N–H and O–H groups in total. The second-order valence-corrected chi connectivity index (χ2v) is 6.71. The molecule has 3 aliphatic rings. The molecular weight excluding hydrogens is 292 g/mol. The second kappa shape index (κ2) is 5.94. The molecule has 1 saturated carbocycles. The zero-order valence-electron chi connectivity index (χ0n) is 13.0. The van der Waals surface area contributed by atoms with Gasteiger partial charge in [0.25, 0.3) is 5.91 Å². The molecule has 1 aromatic carbocycles. The summed E-state index contributed by atoms with van der Waals surface area (Å²) in [4.78, 5) is 24.3. The molecule has 2 heterocycles. The van der Waals surface area contributed by atoms with Gasteiger partial charge >= 0.3 is 0 Å². The second-order valence-electron chi connectivity index (χ2n) is 6.71. The molecule has 4 rings (SSSR count). The summed E-state index contributed by atoms with van der Waals surface area (Å²) >= 11 is 0. The van der Waals surface area contributed by atoms with Gasteiger partial charge in [-0.25, -0.2) is 5.43 Å². The summed E-state index contributed by atoms with van der Waals surface area (Å²) in [5.74, 6) is 0.335.